The Bertz CT molecular complexity index is 378. The van der Waals surface area contributed by atoms with E-state index in [4.69, 9.17) is 22.7 Å². The van der Waals surface area contributed by atoms with Gasteiger partial charge in [-0.3, -0.25) is 5.41 Å². The lowest BCUT2D eigenvalue weighted by Gasteiger charge is -2.10. The Hall–Kier alpha value is -1.01. The topological polar surface area (TPSA) is 62.8 Å². The Labute approximate surface area is 94.4 Å². The number of hydrogen-bond donors (Lipinski definition) is 2. The number of rotatable bonds is 1. The maximum absolute atomic E-state index is 12.3. The molecular weight excluding hydrogens is 254 g/mol. The SMILES string of the molecule is Cl.N=C(N)c1nc(Cl)ccc1C(F)(F)F. The van der Waals surface area contributed by atoms with E-state index in [0.717, 1.165) is 12.1 Å². The maximum atomic E-state index is 12.3. The van der Waals surface area contributed by atoms with E-state index in [1.54, 1.807) is 0 Å². The van der Waals surface area contributed by atoms with Crippen molar-refractivity contribution in [2.24, 2.45) is 5.73 Å². The molecule has 1 aromatic heterocycles. The Balaban J connectivity index is 0.00000196. The molecule has 0 fully saturated rings. The van der Waals surface area contributed by atoms with Gasteiger partial charge in [0.15, 0.2) is 0 Å². The van der Waals surface area contributed by atoms with Gasteiger partial charge < -0.3 is 5.73 Å². The standard InChI is InChI=1S/C7H5ClF3N3.ClH/c8-4-2-1-3(7(9,10)11)5(14-4)6(12)13;/h1-2H,(H3,12,13);1H. The first-order valence-electron chi connectivity index (χ1n) is 3.40. The molecule has 0 amide bonds. The van der Waals surface area contributed by atoms with Crippen LogP contribution in [0.2, 0.25) is 5.15 Å². The second-order valence-electron chi connectivity index (χ2n) is 2.44. The summed E-state index contributed by atoms with van der Waals surface area (Å²) in [7, 11) is 0. The molecule has 0 aromatic carbocycles. The summed E-state index contributed by atoms with van der Waals surface area (Å²) in [5.41, 5.74) is 3.23. The van der Waals surface area contributed by atoms with E-state index in [1.165, 1.54) is 0 Å². The van der Waals surface area contributed by atoms with E-state index in [0.29, 0.717) is 0 Å². The van der Waals surface area contributed by atoms with Gasteiger partial charge in [-0.25, -0.2) is 4.98 Å². The van der Waals surface area contributed by atoms with E-state index < -0.39 is 23.3 Å². The van der Waals surface area contributed by atoms with Gasteiger partial charge in [0.2, 0.25) is 0 Å². The summed E-state index contributed by atoms with van der Waals surface area (Å²) < 4.78 is 36.9. The van der Waals surface area contributed by atoms with Crippen molar-refractivity contribution in [1.29, 1.82) is 5.41 Å². The zero-order valence-electron chi connectivity index (χ0n) is 7.10. The van der Waals surface area contributed by atoms with Crippen molar-refractivity contribution in [2.75, 3.05) is 0 Å². The van der Waals surface area contributed by atoms with Gasteiger partial charge in [-0.2, -0.15) is 13.2 Å². The predicted octanol–water partition coefficient (Wildman–Crippen LogP) is 2.46. The number of nitrogens with one attached hydrogen (secondary N) is 1. The molecule has 0 unspecified atom stereocenters. The minimum Gasteiger partial charge on any atom is -0.382 e. The second kappa shape index (κ2) is 4.67. The molecule has 0 atom stereocenters. The molecule has 3 nitrogen and oxygen atoms in total. The van der Waals surface area contributed by atoms with Gasteiger partial charge in [-0.15, -0.1) is 12.4 Å². The minimum absolute atomic E-state index is 0. The van der Waals surface area contributed by atoms with Crippen LogP contribution >= 0.6 is 24.0 Å². The van der Waals surface area contributed by atoms with Gasteiger partial charge in [0.05, 0.1) is 5.56 Å². The molecule has 0 aliphatic rings. The largest absolute Gasteiger partial charge is 0.418 e. The summed E-state index contributed by atoms with van der Waals surface area (Å²) in [4.78, 5) is 3.33. The summed E-state index contributed by atoms with van der Waals surface area (Å²) >= 11 is 5.38. The van der Waals surface area contributed by atoms with Gasteiger partial charge in [0, 0.05) is 0 Å². The van der Waals surface area contributed by atoms with Crippen molar-refractivity contribution in [3.05, 3.63) is 28.5 Å². The van der Waals surface area contributed by atoms with Crippen LogP contribution < -0.4 is 5.73 Å². The van der Waals surface area contributed by atoms with Crippen molar-refractivity contribution < 1.29 is 13.2 Å². The van der Waals surface area contributed by atoms with Crippen LogP contribution in [-0.2, 0) is 6.18 Å². The van der Waals surface area contributed by atoms with Crippen molar-refractivity contribution in [2.45, 2.75) is 6.18 Å². The summed E-state index contributed by atoms with van der Waals surface area (Å²) in [5, 5.41) is 6.77. The fourth-order valence-corrected chi connectivity index (χ4v) is 1.02. The average molecular weight is 260 g/mol. The first-order chi connectivity index (χ1) is 6.32. The highest BCUT2D eigenvalue weighted by molar-refractivity contribution is 6.29. The molecule has 0 bridgehead atoms. The fourth-order valence-electron chi connectivity index (χ4n) is 0.869. The Kier molecular flexibility index (Phi) is 4.36. The number of alkyl halides is 3. The van der Waals surface area contributed by atoms with E-state index >= 15 is 0 Å². The van der Waals surface area contributed by atoms with E-state index in [9.17, 15) is 13.2 Å². The normalized spacial score (nSPS) is 10.7. The molecule has 84 valence electrons. The lowest BCUT2D eigenvalue weighted by Crippen LogP contribution is -2.20. The molecule has 0 aliphatic carbocycles. The Morgan fingerprint density at radius 1 is 1.40 bits per heavy atom. The van der Waals surface area contributed by atoms with E-state index in [-0.39, 0.29) is 17.6 Å². The van der Waals surface area contributed by atoms with Crippen LogP contribution in [0.25, 0.3) is 0 Å². The average Bonchev–Trinajstić information content (AvgIpc) is 2.01. The number of nitrogens with zero attached hydrogens (tertiary/aromatic N) is 1. The number of halogens is 5. The molecular formula is C7H6Cl2F3N3. The molecule has 0 aliphatic heterocycles. The number of amidine groups is 1. The molecule has 8 heteroatoms. The van der Waals surface area contributed by atoms with E-state index in [2.05, 4.69) is 4.98 Å². The Morgan fingerprint density at radius 2 is 1.93 bits per heavy atom. The number of nitrogen functional groups attached to an aromatic ring is 1. The van der Waals surface area contributed by atoms with E-state index in [1.807, 2.05) is 0 Å². The molecule has 0 saturated carbocycles. The van der Waals surface area contributed by atoms with Gasteiger partial charge in [0.1, 0.15) is 16.7 Å². The van der Waals surface area contributed by atoms with Gasteiger partial charge >= 0.3 is 6.18 Å². The van der Waals surface area contributed by atoms with Crippen LogP contribution in [0.15, 0.2) is 12.1 Å². The van der Waals surface area contributed by atoms with Crippen LogP contribution in [-0.4, -0.2) is 10.8 Å². The van der Waals surface area contributed by atoms with Crippen LogP contribution in [0.5, 0.6) is 0 Å². The Morgan fingerprint density at radius 3 is 2.33 bits per heavy atom. The monoisotopic (exact) mass is 259 g/mol. The van der Waals surface area contributed by atoms with Gasteiger partial charge in [-0.05, 0) is 12.1 Å². The smallest absolute Gasteiger partial charge is 0.382 e. The van der Waals surface area contributed by atoms with Crippen LogP contribution in [0.4, 0.5) is 13.2 Å². The first-order valence-corrected chi connectivity index (χ1v) is 3.78. The highest BCUT2D eigenvalue weighted by atomic mass is 35.5. The number of hydrogen-bond acceptors (Lipinski definition) is 2. The molecule has 0 spiro atoms. The van der Waals surface area contributed by atoms with Gasteiger partial charge in [-0.1, -0.05) is 11.6 Å². The summed E-state index contributed by atoms with van der Waals surface area (Å²) in [6.45, 7) is 0. The first kappa shape index (κ1) is 14.0. The third-order valence-electron chi connectivity index (χ3n) is 1.42. The number of nitrogens with two attached hydrogens (primary N) is 1. The molecule has 1 aromatic rings. The second-order valence-corrected chi connectivity index (χ2v) is 2.83. The highest BCUT2D eigenvalue weighted by Gasteiger charge is 2.34. The van der Waals surface area contributed by atoms with Crippen molar-refractivity contribution in [3.63, 3.8) is 0 Å². The third-order valence-corrected chi connectivity index (χ3v) is 1.63. The molecule has 1 heterocycles. The fraction of sp³-hybridized carbons (Fsp3) is 0.143. The predicted molar refractivity (Wildman–Crippen MR) is 52.5 cm³/mol. The van der Waals surface area contributed by atoms with Crippen LogP contribution in [0.1, 0.15) is 11.3 Å². The summed E-state index contributed by atoms with van der Waals surface area (Å²) in [6.07, 6.45) is -4.58. The maximum Gasteiger partial charge on any atom is 0.418 e. The number of aromatic nitrogens is 1. The summed E-state index contributed by atoms with van der Waals surface area (Å²) in [6, 6.07) is 1.74. The molecule has 15 heavy (non-hydrogen) atoms. The van der Waals surface area contributed by atoms with Crippen molar-refractivity contribution in [3.8, 4) is 0 Å². The molecule has 0 radical (unpaired) electrons. The quantitative estimate of drug-likeness (QED) is 0.462. The molecule has 1 rings (SSSR count). The highest BCUT2D eigenvalue weighted by Crippen LogP contribution is 2.31. The van der Waals surface area contributed by atoms with Crippen LogP contribution in [0.3, 0.4) is 0 Å². The van der Waals surface area contributed by atoms with Gasteiger partial charge in [0.25, 0.3) is 0 Å². The zero-order valence-corrected chi connectivity index (χ0v) is 8.67. The van der Waals surface area contributed by atoms with Crippen molar-refractivity contribution in [1.82, 2.24) is 4.98 Å². The minimum atomic E-state index is -4.58. The van der Waals surface area contributed by atoms with Crippen LogP contribution in [0, 0.1) is 5.41 Å². The lowest BCUT2D eigenvalue weighted by atomic mass is 10.2. The van der Waals surface area contributed by atoms with Crippen molar-refractivity contribution >= 4 is 29.8 Å². The summed E-state index contributed by atoms with van der Waals surface area (Å²) in [5.74, 6) is -0.764. The zero-order chi connectivity index (χ0) is 10.9. The number of pyridine rings is 1. The lowest BCUT2D eigenvalue weighted by molar-refractivity contribution is -0.137. The molecule has 0 saturated heterocycles. The molecule has 3 N–H and O–H groups in total. The third kappa shape index (κ3) is 3.24.